The van der Waals surface area contributed by atoms with Gasteiger partial charge in [0, 0.05) is 31.3 Å². The molecule has 1 amide bonds. The summed E-state index contributed by atoms with van der Waals surface area (Å²) >= 11 is 9.03. The highest BCUT2D eigenvalue weighted by Crippen LogP contribution is 2.32. The molecule has 1 aliphatic rings. The van der Waals surface area contributed by atoms with Gasteiger partial charge >= 0.3 is 0 Å². The van der Waals surface area contributed by atoms with Crippen molar-refractivity contribution >= 4 is 40.6 Å². The molecule has 8 nitrogen and oxygen atoms in total. The minimum absolute atomic E-state index is 0.0240. The Bertz CT molecular complexity index is 1350. The Morgan fingerprint density at radius 3 is 2.51 bits per heavy atom. The number of carbonyl (C=O) groups is 1. The number of carbonyl (C=O) groups excluding carboxylic acids is 1. The molecule has 0 unspecified atom stereocenters. The standard InChI is InChI=1S/C32H44ClN5O3S2/c1-4-7-18-41-27-14-12-24(13-15-27)20-37(17-16-36(5-2)6-3)29(39)21-38-32(43-23-25-19-28(33)42-22-25)34-31(40)30(35-38)26-10-8-9-11-26/h12-15,19,22,26H,4-11,16-18,20-21,23H2,1-3H3. The SMILES string of the molecule is CCCCOc1ccc(CN(CCN(CC)CC)C(=O)Cn2nc(C3CCCC3)c(=O)nc2SCc2csc(Cl)c2)cc1. The molecular formula is C32H44ClN5O3S2. The average Bonchev–Trinajstić information content (AvgIpc) is 3.70. The maximum Gasteiger partial charge on any atom is 0.295 e. The highest BCUT2D eigenvalue weighted by molar-refractivity contribution is 7.98. The molecule has 0 radical (unpaired) electrons. The Morgan fingerprint density at radius 1 is 1.12 bits per heavy atom. The first kappa shape index (κ1) is 33.5. The van der Waals surface area contributed by atoms with Crippen LogP contribution in [0.2, 0.25) is 4.34 Å². The molecule has 0 atom stereocenters. The Hall–Kier alpha value is -2.40. The molecule has 11 heteroatoms. The van der Waals surface area contributed by atoms with E-state index in [-0.39, 0.29) is 23.9 Å². The number of nitrogens with zero attached hydrogens (tertiary/aromatic N) is 5. The van der Waals surface area contributed by atoms with Crippen molar-refractivity contribution in [3.05, 3.63) is 67.2 Å². The molecule has 1 aromatic carbocycles. The van der Waals surface area contributed by atoms with Crippen LogP contribution in [0.1, 0.15) is 82.0 Å². The Morgan fingerprint density at radius 2 is 1.86 bits per heavy atom. The van der Waals surface area contributed by atoms with Crippen LogP contribution in [0, 0.1) is 0 Å². The summed E-state index contributed by atoms with van der Waals surface area (Å²) in [4.78, 5) is 35.7. The lowest BCUT2D eigenvalue weighted by Gasteiger charge is -2.27. The molecular weight excluding hydrogens is 602 g/mol. The summed E-state index contributed by atoms with van der Waals surface area (Å²) in [5.74, 6) is 1.49. The van der Waals surface area contributed by atoms with Crippen molar-refractivity contribution in [3.8, 4) is 5.75 Å². The van der Waals surface area contributed by atoms with Gasteiger partial charge in [-0.05, 0) is 67.1 Å². The fraction of sp³-hybridized carbons (Fsp3) is 0.562. The number of thioether (sulfide) groups is 1. The highest BCUT2D eigenvalue weighted by atomic mass is 35.5. The summed E-state index contributed by atoms with van der Waals surface area (Å²) in [6.45, 7) is 10.8. The van der Waals surface area contributed by atoms with Crippen LogP contribution in [0.3, 0.4) is 0 Å². The van der Waals surface area contributed by atoms with E-state index in [9.17, 15) is 9.59 Å². The summed E-state index contributed by atoms with van der Waals surface area (Å²) in [7, 11) is 0. The van der Waals surface area contributed by atoms with Crippen LogP contribution in [0.5, 0.6) is 5.75 Å². The predicted octanol–water partition coefficient (Wildman–Crippen LogP) is 6.85. The van der Waals surface area contributed by atoms with Crippen LogP contribution in [-0.4, -0.2) is 63.3 Å². The second kappa shape index (κ2) is 17.2. The number of hydrogen-bond donors (Lipinski definition) is 0. The minimum Gasteiger partial charge on any atom is -0.494 e. The lowest BCUT2D eigenvalue weighted by molar-refractivity contribution is -0.133. The lowest BCUT2D eigenvalue weighted by Crippen LogP contribution is -2.40. The summed E-state index contributed by atoms with van der Waals surface area (Å²) in [5, 5.41) is 7.26. The fourth-order valence-electron chi connectivity index (χ4n) is 5.22. The van der Waals surface area contributed by atoms with Crippen molar-refractivity contribution in [3.63, 3.8) is 0 Å². The number of benzene rings is 1. The smallest absolute Gasteiger partial charge is 0.295 e. The molecule has 0 N–H and O–H groups in total. The van der Waals surface area contributed by atoms with Crippen LogP contribution in [0.25, 0.3) is 0 Å². The molecule has 43 heavy (non-hydrogen) atoms. The summed E-state index contributed by atoms with van der Waals surface area (Å²) in [6.07, 6.45) is 6.15. The Balaban J connectivity index is 1.56. The number of aromatic nitrogens is 3. The zero-order valence-corrected chi connectivity index (χ0v) is 28.0. The van der Waals surface area contributed by atoms with Crippen molar-refractivity contribution in [1.29, 1.82) is 0 Å². The summed E-state index contributed by atoms with van der Waals surface area (Å²) in [6, 6.07) is 9.94. The summed E-state index contributed by atoms with van der Waals surface area (Å²) in [5.41, 5.74) is 2.30. The third-order valence-electron chi connectivity index (χ3n) is 7.88. The van der Waals surface area contributed by atoms with Gasteiger partial charge in [0.15, 0.2) is 5.16 Å². The topological polar surface area (TPSA) is 80.6 Å². The fourth-order valence-corrected chi connectivity index (χ4v) is 7.10. The van der Waals surface area contributed by atoms with Gasteiger partial charge in [-0.2, -0.15) is 10.1 Å². The van der Waals surface area contributed by atoms with Crippen LogP contribution >= 0.6 is 34.7 Å². The van der Waals surface area contributed by atoms with E-state index in [2.05, 4.69) is 30.7 Å². The number of ether oxygens (including phenoxy) is 1. The van der Waals surface area contributed by atoms with Gasteiger partial charge in [-0.25, -0.2) is 4.68 Å². The first-order chi connectivity index (χ1) is 20.9. The maximum atomic E-state index is 14.0. The third kappa shape index (κ3) is 10.1. The molecule has 2 aromatic heterocycles. The molecule has 2 heterocycles. The van der Waals surface area contributed by atoms with E-state index < -0.39 is 0 Å². The molecule has 3 aromatic rings. The van der Waals surface area contributed by atoms with E-state index in [1.165, 1.54) is 23.1 Å². The van der Waals surface area contributed by atoms with Crippen molar-refractivity contribution in [2.75, 3.05) is 32.8 Å². The largest absolute Gasteiger partial charge is 0.494 e. The number of amides is 1. The van der Waals surface area contributed by atoms with E-state index in [1.54, 1.807) is 4.68 Å². The van der Waals surface area contributed by atoms with Gasteiger partial charge < -0.3 is 14.5 Å². The van der Waals surface area contributed by atoms with Crippen LogP contribution < -0.4 is 10.3 Å². The number of rotatable bonds is 17. The lowest BCUT2D eigenvalue weighted by atomic mass is 10.1. The molecule has 0 spiro atoms. The van der Waals surface area contributed by atoms with Gasteiger partial charge in [0.1, 0.15) is 18.0 Å². The van der Waals surface area contributed by atoms with Gasteiger partial charge in [0.05, 0.1) is 10.9 Å². The molecule has 1 fully saturated rings. The van der Waals surface area contributed by atoms with Crippen molar-refractivity contribution in [2.24, 2.45) is 0 Å². The Kier molecular flexibility index (Phi) is 13.4. The molecule has 4 rings (SSSR count). The van der Waals surface area contributed by atoms with E-state index in [0.717, 1.165) is 79.4 Å². The molecule has 0 saturated heterocycles. The molecule has 1 saturated carbocycles. The van der Waals surface area contributed by atoms with Gasteiger partial charge in [-0.1, -0.05) is 75.5 Å². The van der Waals surface area contributed by atoms with Gasteiger partial charge in [0.25, 0.3) is 5.56 Å². The number of likely N-dealkylation sites (N-methyl/N-ethyl adjacent to an activating group) is 1. The minimum atomic E-state index is -0.277. The zero-order chi connectivity index (χ0) is 30.6. The predicted molar refractivity (Wildman–Crippen MR) is 176 cm³/mol. The van der Waals surface area contributed by atoms with E-state index in [0.29, 0.717) is 36.3 Å². The number of hydrogen-bond acceptors (Lipinski definition) is 8. The third-order valence-corrected chi connectivity index (χ3v) is 10.1. The second-order valence-electron chi connectivity index (χ2n) is 11.0. The summed E-state index contributed by atoms with van der Waals surface area (Å²) < 4.78 is 8.21. The van der Waals surface area contributed by atoms with Crippen LogP contribution in [-0.2, 0) is 23.6 Å². The second-order valence-corrected chi connectivity index (χ2v) is 13.4. The maximum absolute atomic E-state index is 14.0. The highest BCUT2D eigenvalue weighted by Gasteiger charge is 2.25. The average molecular weight is 646 g/mol. The van der Waals surface area contributed by atoms with Gasteiger partial charge in [0.2, 0.25) is 5.91 Å². The van der Waals surface area contributed by atoms with Crippen LogP contribution in [0.15, 0.2) is 45.7 Å². The van der Waals surface area contributed by atoms with Crippen LogP contribution in [0.4, 0.5) is 0 Å². The number of thiophene rings is 1. The molecule has 0 bridgehead atoms. The zero-order valence-electron chi connectivity index (χ0n) is 25.6. The molecule has 234 valence electrons. The van der Waals surface area contributed by atoms with Gasteiger partial charge in [-0.3, -0.25) is 9.59 Å². The number of halogens is 1. The molecule has 1 aliphatic carbocycles. The van der Waals surface area contributed by atoms with Gasteiger partial charge in [-0.15, -0.1) is 11.3 Å². The van der Waals surface area contributed by atoms with Crippen molar-refractivity contribution < 1.29 is 9.53 Å². The quantitative estimate of drug-likeness (QED) is 0.117. The normalized spacial score (nSPS) is 13.6. The van der Waals surface area contributed by atoms with Crippen molar-refractivity contribution in [1.82, 2.24) is 24.6 Å². The first-order valence-electron chi connectivity index (χ1n) is 15.5. The van der Waals surface area contributed by atoms with E-state index in [1.807, 2.05) is 40.6 Å². The Labute approximate surface area is 268 Å². The van der Waals surface area contributed by atoms with E-state index >= 15 is 0 Å². The monoisotopic (exact) mass is 645 g/mol. The first-order valence-corrected chi connectivity index (χ1v) is 17.7. The molecule has 0 aliphatic heterocycles. The number of unbranched alkanes of at least 4 members (excludes halogenated alkanes) is 1. The van der Waals surface area contributed by atoms with E-state index in [4.69, 9.17) is 21.4 Å². The van der Waals surface area contributed by atoms with Crippen molar-refractivity contribution in [2.45, 2.75) is 89.2 Å².